The van der Waals surface area contributed by atoms with Crippen molar-refractivity contribution in [3.8, 4) is 55.6 Å². The van der Waals surface area contributed by atoms with Gasteiger partial charge >= 0.3 is 0 Å². The SMILES string of the molecule is c1ccc(-c2ccc3c(-c4c5ccccc5c(-c5ccc6ccccc6c5)c5cc(-c6ccccc6)ccc45)c4ccccc4c(-c4ccc5ccccc5c4)c3c2)cc1. The molecule has 0 unspecified atom stereocenters. The lowest BCUT2D eigenvalue weighted by Gasteiger charge is -2.23. The van der Waals surface area contributed by atoms with Gasteiger partial charge in [0, 0.05) is 0 Å². The summed E-state index contributed by atoms with van der Waals surface area (Å²) in [6.07, 6.45) is 0. The third-order valence-corrected chi connectivity index (χ3v) is 12.6. The maximum absolute atomic E-state index is 2.44. The van der Waals surface area contributed by atoms with Gasteiger partial charge in [-0.1, -0.05) is 206 Å². The normalized spacial score (nSPS) is 11.7. The van der Waals surface area contributed by atoms with Crippen LogP contribution in [0.5, 0.6) is 0 Å². The van der Waals surface area contributed by atoms with E-state index in [9.17, 15) is 0 Å². The fraction of sp³-hybridized carbons (Fsp3) is 0. The summed E-state index contributed by atoms with van der Waals surface area (Å²) in [6, 6.07) is 85.4. The average molecular weight is 759 g/mol. The number of hydrogen-bond donors (Lipinski definition) is 0. The second-order valence-corrected chi connectivity index (χ2v) is 16.0. The van der Waals surface area contributed by atoms with Crippen LogP contribution in [-0.4, -0.2) is 0 Å². The van der Waals surface area contributed by atoms with E-state index >= 15 is 0 Å². The van der Waals surface area contributed by atoms with Crippen molar-refractivity contribution in [1.29, 1.82) is 0 Å². The van der Waals surface area contributed by atoms with Gasteiger partial charge in [-0.2, -0.15) is 0 Å². The summed E-state index contributed by atoms with van der Waals surface area (Å²) in [5, 5.41) is 14.9. The summed E-state index contributed by atoms with van der Waals surface area (Å²) < 4.78 is 0. The molecule has 0 bridgehead atoms. The Bertz CT molecular complexity index is 3390. The molecule has 0 heterocycles. The predicted octanol–water partition coefficient (Wildman–Crippen LogP) is 16.9. The van der Waals surface area contributed by atoms with Crippen LogP contribution in [0.4, 0.5) is 0 Å². The van der Waals surface area contributed by atoms with E-state index in [0.29, 0.717) is 0 Å². The molecular weight excluding hydrogens is 721 g/mol. The molecule has 0 saturated heterocycles. The summed E-state index contributed by atoms with van der Waals surface area (Å²) in [5.74, 6) is 0. The van der Waals surface area contributed by atoms with E-state index in [4.69, 9.17) is 0 Å². The second kappa shape index (κ2) is 13.9. The summed E-state index contributed by atoms with van der Waals surface area (Å²) in [7, 11) is 0. The van der Waals surface area contributed by atoms with Gasteiger partial charge in [-0.25, -0.2) is 0 Å². The molecule has 0 aliphatic carbocycles. The van der Waals surface area contributed by atoms with Crippen molar-refractivity contribution >= 4 is 64.6 Å². The lowest BCUT2D eigenvalue weighted by Crippen LogP contribution is -1.95. The van der Waals surface area contributed by atoms with Gasteiger partial charge in [0.05, 0.1) is 0 Å². The second-order valence-electron chi connectivity index (χ2n) is 16.0. The smallest absolute Gasteiger partial charge is 0.00139 e. The fourth-order valence-electron chi connectivity index (χ4n) is 9.83. The summed E-state index contributed by atoms with van der Waals surface area (Å²) in [4.78, 5) is 0. The van der Waals surface area contributed by atoms with Crippen molar-refractivity contribution in [2.24, 2.45) is 0 Å². The monoisotopic (exact) mass is 758 g/mol. The first-order chi connectivity index (χ1) is 29.8. The molecule has 0 amide bonds. The van der Waals surface area contributed by atoms with Crippen molar-refractivity contribution in [3.63, 3.8) is 0 Å². The van der Waals surface area contributed by atoms with Gasteiger partial charge < -0.3 is 0 Å². The Balaban J connectivity index is 1.25. The Labute approximate surface area is 349 Å². The quantitative estimate of drug-likeness (QED) is 0.153. The molecule has 0 heteroatoms. The minimum Gasteiger partial charge on any atom is -0.0622 e. The maximum Gasteiger partial charge on any atom is -0.00139 e. The summed E-state index contributed by atoms with van der Waals surface area (Å²) in [5.41, 5.74) is 12.3. The van der Waals surface area contributed by atoms with Crippen LogP contribution in [0, 0.1) is 0 Å². The molecule has 12 rings (SSSR count). The average Bonchev–Trinajstić information content (AvgIpc) is 3.32. The van der Waals surface area contributed by atoms with Crippen LogP contribution in [0.2, 0.25) is 0 Å². The molecular formula is C60H38. The Kier molecular flexibility index (Phi) is 7.96. The fourth-order valence-corrected chi connectivity index (χ4v) is 9.83. The van der Waals surface area contributed by atoms with E-state index in [-0.39, 0.29) is 0 Å². The first-order valence-electron chi connectivity index (χ1n) is 20.8. The van der Waals surface area contributed by atoms with Crippen LogP contribution in [-0.2, 0) is 0 Å². The van der Waals surface area contributed by atoms with Crippen molar-refractivity contribution < 1.29 is 0 Å². The zero-order chi connectivity index (χ0) is 39.6. The molecule has 0 spiro atoms. The van der Waals surface area contributed by atoms with E-state index in [1.54, 1.807) is 0 Å². The first-order valence-corrected chi connectivity index (χ1v) is 20.8. The first kappa shape index (κ1) is 34.3. The summed E-state index contributed by atoms with van der Waals surface area (Å²) >= 11 is 0. The highest BCUT2D eigenvalue weighted by atomic mass is 14.3. The van der Waals surface area contributed by atoms with Gasteiger partial charge in [0.2, 0.25) is 0 Å². The highest BCUT2D eigenvalue weighted by Crippen LogP contribution is 2.51. The van der Waals surface area contributed by atoms with E-state index in [1.807, 2.05) is 0 Å². The molecule has 12 aromatic carbocycles. The molecule has 278 valence electrons. The molecule has 12 aromatic rings. The van der Waals surface area contributed by atoms with E-state index in [2.05, 4.69) is 231 Å². The van der Waals surface area contributed by atoms with Crippen molar-refractivity contribution in [2.75, 3.05) is 0 Å². The van der Waals surface area contributed by atoms with E-state index in [0.717, 1.165) is 0 Å². The number of hydrogen-bond acceptors (Lipinski definition) is 0. The lowest BCUT2D eigenvalue weighted by molar-refractivity contribution is 1.63. The summed E-state index contributed by atoms with van der Waals surface area (Å²) in [6.45, 7) is 0. The van der Waals surface area contributed by atoms with Gasteiger partial charge in [-0.15, -0.1) is 0 Å². The molecule has 0 aromatic heterocycles. The van der Waals surface area contributed by atoms with Crippen LogP contribution in [0.3, 0.4) is 0 Å². The van der Waals surface area contributed by atoms with Crippen molar-refractivity contribution in [2.45, 2.75) is 0 Å². The number of benzene rings is 12. The largest absolute Gasteiger partial charge is 0.0622 e. The van der Waals surface area contributed by atoms with Crippen LogP contribution in [0.25, 0.3) is 120 Å². The minimum absolute atomic E-state index is 1.21. The van der Waals surface area contributed by atoms with Gasteiger partial charge in [0.1, 0.15) is 0 Å². The Hall–Kier alpha value is -7.80. The molecule has 0 saturated carbocycles. The van der Waals surface area contributed by atoms with Crippen molar-refractivity contribution in [1.82, 2.24) is 0 Å². The van der Waals surface area contributed by atoms with E-state index < -0.39 is 0 Å². The van der Waals surface area contributed by atoms with Crippen LogP contribution < -0.4 is 0 Å². The lowest BCUT2D eigenvalue weighted by atomic mass is 9.80. The van der Waals surface area contributed by atoms with Crippen LogP contribution in [0.1, 0.15) is 0 Å². The van der Waals surface area contributed by atoms with Crippen LogP contribution in [0.15, 0.2) is 231 Å². The van der Waals surface area contributed by atoms with Gasteiger partial charge in [0.25, 0.3) is 0 Å². The molecule has 0 atom stereocenters. The third-order valence-electron chi connectivity index (χ3n) is 12.6. The predicted molar refractivity (Wildman–Crippen MR) is 259 cm³/mol. The van der Waals surface area contributed by atoms with Gasteiger partial charge in [0.15, 0.2) is 0 Å². The van der Waals surface area contributed by atoms with Crippen molar-refractivity contribution in [3.05, 3.63) is 231 Å². The van der Waals surface area contributed by atoms with Crippen LogP contribution >= 0.6 is 0 Å². The Morgan fingerprint density at radius 3 is 0.883 bits per heavy atom. The minimum atomic E-state index is 1.21. The molecule has 60 heavy (non-hydrogen) atoms. The Morgan fingerprint density at radius 1 is 0.150 bits per heavy atom. The molecule has 0 aliphatic heterocycles. The molecule has 0 N–H and O–H groups in total. The molecule has 0 radical (unpaired) electrons. The topological polar surface area (TPSA) is 0 Å². The molecule has 0 aliphatic rings. The van der Waals surface area contributed by atoms with Gasteiger partial charge in [-0.05, 0) is 145 Å². The zero-order valence-electron chi connectivity index (χ0n) is 32.9. The van der Waals surface area contributed by atoms with E-state index in [1.165, 1.54) is 120 Å². The maximum atomic E-state index is 2.44. The number of rotatable bonds is 5. The highest BCUT2D eigenvalue weighted by Gasteiger charge is 2.23. The number of fused-ring (bicyclic) bond motifs is 6. The molecule has 0 nitrogen and oxygen atoms in total. The van der Waals surface area contributed by atoms with Gasteiger partial charge in [-0.3, -0.25) is 0 Å². The Morgan fingerprint density at radius 2 is 0.467 bits per heavy atom. The third kappa shape index (κ3) is 5.53. The standard InChI is InChI=1S/C60H38/c1-3-15-39(16-4-1)45-31-33-53-55(37-45)57(47-29-27-41-19-7-9-21-43(41)35-47)49-23-11-13-25-51(49)59(53)60-52-26-14-12-24-50(52)58(48-30-28-42-20-8-10-22-44(42)36-48)56-38-46(32-34-54(56)60)40-17-5-2-6-18-40/h1-38H. The molecule has 0 fully saturated rings. The highest BCUT2D eigenvalue weighted by molar-refractivity contribution is 6.30. The zero-order valence-corrected chi connectivity index (χ0v) is 32.9.